The first-order chi connectivity index (χ1) is 12.3. The molecule has 4 rings (SSSR count). The number of carbonyl (C=O) groups is 1. The summed E-state index contributed by atoms with van der Waals surface area (Å²) in [6, 6.07) is 29.4. The number of hydrogen-bond donors (Lipinski definition) is 0. The van der Waals surface area contributed by atoms with Crippen LogP contribution in [0.3, 0.4) is 0 Å². The number of aromatic nitrogens is 1. The maximum Gasteiger partial charge on any atom is 0.174 e. The van der Waals surface area contributed by atoms with Crippen LogP contribution in [-0.2, 0) is 0 Å². The van der Waals surface area contributed by atoms with E-state index in [4.69, 9.17) is 0 Å². The van der Waals surface area contributed by atoms with Crippen molar-refractivity contribution in [1.82, 2.24) is 4.98 Å². The van der Waals surface area contributed by atoms with E-state index in [0.29, 0.717) is 5.56 Å². The zero-order valence-corrected chi connectivity index (χ0v) is 13.7. The van der Waals surface area contributed by atoms with Gasteiger partial charge in [0.05, 0.1) is 11.4 Å². The van der Waals surface area contributed by atoms with E-state index >= 15 is 0 Å². The molecule has 0 N–H and O–H groups in total. The second kappa shape index (κ2) is 6.70. The Morgan fingerprint density at radius 3 is 2.16 bits per heavy atom. The molecule has 0 aliphatic rings. The fraction of sp³-hybridized carbons (Fsp3) is 0.0435. The number of benzene rings is 3. The van der Waals surface area contributed by atoms with Crippen molar-refractivity contribution < 1.29 is 4.79 Å². The Morgan fingerprint density at radius 2 is 1.40 bits per heavy atom. The molecule has 0 bridgehead atoms. The molecule has 0 saturated carbocycles. The van der Waals surface area contributed by atoms with Crippen molar-refractivity contribution >= 4 is 16.7 Å². The summed E-state index contributed by atoms with van der Waals surface area (Å²) in [5.74, 6) is -0.285. The van der Waals surface area contributed by atoms with Crippen LogP contribution in [0.4, 0.5) is 0 Å². The van der Waals surface area contributed by atoms with Gasteiger partial charge in [-0.3, -0.25) is 9.78 Å². The molecule has 0 saturated heterocycles. The van der Waals surface area contributed by atoms with Crippen molar-refractivity contribution in [3.63, 3.8) is 0 Å². The SMILES string of the molecule is O=C(c1ccccc1)[C@@H](c1ccccc1)c1cccc2cccnc12. The Balaban J connectivity index is 1.93. The van der Waals surface area contributed by atoms with Crippen LogP contribution in [0.15, 0.2) is 97.2 Å². The van der Waals surface area contributed by atoms with Crippen LogP contribution in [-0.4, -0.2) is 10.8 Å². The number of nitrogens with zero attached hydrogens (tertiary/aromatic N) is 1. The molecule has 4 aromatic rings. The van der Waals surface area contributed by atoms with Gasteiger partial charge in [0.2, 0.25) is 0 Å². The van der Waals surface area contributed by atoms with Crippen LogP contribution in [0.25, 0.3) is 10.9 Å². The highest BCUT2D eigenvalue weighted by Gasteiger charge is 2.25. The first-order valence-corrected chi connectivity index (χ1v) is 8.32. The van der Waals surface area contributed by atoms with Gasteiger partial charge in [0, 0.05) is 17.1 Å². The van der Waals surface area contributed by atoms with Gasteiger partial charge in [0.1, 0.15) is 0 Å². The van der Waals surface area contributed by atoms with Gasteiger partial charge < -0.3 is 0 Å². The highest BCUT2D eigenvalue weighted by molar-refractivity contribution is 6.05. The Hall–Kier alpha value is -3.26. The second-order valence-corrected chi connectivity index (χ2v) is 6.00. The molecule has 0 aliphatic carbocycles. The Morgan fingerprint density at radius 1 is 0.720 bits per heavy atom. The van der Waals surface area contributed by atoms with Crippen molar-refractivity contribution in [3.8, 4) is 0 Å². The molecule has 120 valence electrons. The number of rotatable bonds is 4. The molecule has 0 amide bonds. The largest absolute Gasteiger partial charge is 0.293 e. The molecule has 0 aliphatic heterocycles. The Kier molecular flexibility index (Phi) is 4.09. The third kappa shape index (κ3) is 2.94. The number of Topliss-reactive ketones (excluding diaryl/α,β-unsaturated/α-hetero) is 1. The predicted octanol–water partition coefficient (Wildman–Crippen LogP) is 5.25. The smallest absolute Gasteiger partial charge is 0.174 e. The Bertz CT molecular complexity index is 1000. The second-order valence-electron chi connectivity index (χ2n) is 6.00. The summed E-state index contributed by atoms with van der Waals surface area (Å²) >= 11 is 0. The van der Waals surface area contributed by atoms with Crippen LogP contribution in [0.1, 0.15) is 27.4 Å². The van der Waals surface area contributed by atoms with Gasteiger partial charge in [-0.15, -0.1) is 0 Å². The van der Waals surface area contributed by atoms with E-state index in [1.807, 2.05) is 91.0 Å². The molecule has 1 heterocycles. The van der Waals surface area contributed by atoms with Gasteiger partial charge in [-0.2, -0.15) is 0 Å². The summed E-state index contributed by atoms with van der Waals surface area (Å²) in [6.45, 7) is 0. The van der Waals surface area contributed by atoms with Crippen molar-refractivity contribution in [2.75, 3.05) is 0 Å². The summed E-state index contributed by atoms with van der Waals surface area (Å²) in [7, 11) is 0. The normalized spacial score (nSPS) is 12.0. The van der Waals surface area contributed by atoms with Crippen molar-refractivity contribution in [3.05, 3.63) is 114 Å². The third-order valence-electron chi connectivity index (χ3n) is 4.43. The van der Waals surface area contributed by atoms with E-state index in [-0.39, 0.29) is 11.7 Å². The molecule has 0 fully saturated rings. The third-order valence-corrected chi connectivity index (χ3v) is 4.43. The lowest BCUT2D eigenvalue weighted by Gasteiger charge is -2.18. The monoisotopic (exact) mass is 323 g/mol. The molecular weight excluding hydrogens is 306 g/mol. The molecule has 2 nitrogen and oxygen atoms in total. The number of carbonyl (C=O) groups excluding carboxylic acids is 1. The first-order valence-electron chi connectivity index (χ1n) is 8.32. The van der Waals surface area contributed by atoms with Crippen LogP contribution >= 0.6 is 0 Å². The zero-order chi connectivity index (χ0) is 17.1. The lowest BCUT2D eigenvalue weighted by molar-refractivity contribution is 0.0974. The average molecular weight is 323 g/mol. The first kappa shape index (κ1) is 15.3. The van der Waals surface area contributed by atoms with E-state index in [0.717, 1.165) is 22.0 Å². The molecule has 25 heavy (non-hydrogen) atoms. The fourth-order valence-electron chi connectivity index (χ4n) is 3.25. The maximum absolute atomic E-state index is 13.4. The van der Waals surface area contributed by atoms with Gasteiger partial charge in [0.25, 0.3) is 0 Å². The van der Waals surface area contributed by atoms with E-state index in [1.54, 1.807) is 6.20 Å². The number of para-hydroxylation sites is 1. The van der Waals surface area contributed by atoms with Crippen LogP contribution in [0, 0.1) is 0 Å². The van der Waals surface area contributed by atoms with Crippen molar-refractivity contribution in [2.45, 2.75) is 5.92 Å². The van der Waals surface area contributed by atoms with E-state index in [2.05, 4.69) is 4.98 Å². The van der Waals surface area contributed by atoms with Gasteiger partial charge in [-0.25, -0.2) is 0 Å². The van der Waals surface area contributed by atoms with Crippen LogP contribution in [0.5, 0.6) is 0 Å². The van der Waals surface area contributed by atoms with E-state index < -0.39 is 0 Å². The summed E-state index contributed by atoms with van der Waals surface area (Å²) in [5, 5.41) is 1.04. The maximum atomic E-state index is 13.4. The number of fused-ring (bicyclic) bond motifs is 1. The molecule has 1 atom stereocenters. The van der Waals surface area contributed by atoms with Gasteiger partial charge >= 0.3 is 0 Å². The van der Waals surface area contributed by atoms with E-state index in [9.17, 15) is 4.79 Å². The number of pyridine rings is 1. The highest BCUT2D eigenvalue weighted by Crippen LogP contribution is 2.32. The molecule has 2 heteroatoms. The summed E-state index contributed by atoms with van der Waals surface area (Å²) < 4.78 is 0. The number of ketones is 1. The standard InChI is InChI=1S/C23H17NO/c25-23(19-11-5-2-6-12-19)21(17-9-3-1-4-10-17)20-15-7-13-18-14-8-16-24-22(18)20/h1-16,21H/t21-/m0/s1. The van der Waals surface area contributed by atoms with Crippen LogP contribution < -0.4 is 0 Å². The minimum absolute atomic E-state index is 0.0879. The summed E-state index contributed by atoms with van der Waals surface area (Å²) in [6.07, 6.45) is 1.78. The van der Waals surface area contributed by atoms with Gasteiger partial charge in [0.15, 0.2) is 5.78 Å². The molecule has 3 aromatic carbocycles. The summed E-state index contributed by atoms with van der Waals surface area (Å²) in [4.78, 5) is 17.9. The van der Waals surface area contributed by atoms with E-state index in [1.165, 1.54) is 0 Å². The predicted molar refractivity (Wildman–Crippen MR) is 101 cm³/mol. The van der Waals surface area contributed by atoms with Gasteiger partial charge in [-0.1, -0.05) is 84.9 Å². The topological polar surface area (TPSA) is 30.0 Å². The highest BCUT2D eigenvalue weighted by atomic mass is 16.1. The minimum Gasteiger partial charge on any atom is -0.293 e. The molecule has 0 unspecified atom stereocenters. The molecule has 0 radical (unpaired) electrons. The average Bonchev–Trinajstić information content (AvgIpc) is 2.70. The molecule has 1 aromatic heterocycles. The summed E-state index contributed by atoms with van der Waals surface area (Å²) in [5.41, 5.74) is 3.51. The lowest BCUT2D eigenvalue weighted by Crippen LogP contribution is -2.15. The molecular formula is C23H17NO. The molecule has 0 spiro atoms. The fourth-order valence-corrected chi connectivity index (χ4v) is 3.25. The minimum atomic E-state index is -0.373. The van der Waals surface area contributed by atoms with Crippen molar-refractivity contribution in [2.24, 2.45) is 0 Å². The zero-order valence-electron chi connectivity index (χ0n) is 13.7. The number of hydrogen-bond acceptors (Lipinski definition) is 2. The van der Waals surface area contributed by atoms with Crippen LogP contribution in [0.2, 0.25) is 0 Å². The lowest BCUT2D eigenvalue weighted by atomic mass is 9.84. The quantitative estimate of drug-likeness (QED) is 0.480. The Labute approximate surface area is 146 Å². The van der Waals surface area contributed by atoms with Gasteiger partial charge in [-0.05, 0) is 17.2 Å². The van der Waals surface area contributed by atoms with Crippen molar-refractivity contribution in [1.29, 1.82) is 0 Å².